The maximum atomic E-state index is 5.22. The van der Waals surface area contributed by atoms with E-state index in [4.69, 9.17) is 16.1 Å². The van der Waals surface area contributed by atoms with Crippen molar-refractivity contribution in [3.8, 4) is 0 Å². The molecule has 0 unspecified atom stereocenters. The van der Waals surface area contributed by atoms with Crippen LogP contribution < -0.4 is 0 Å². The normalized spacial score (nSPS) is 9.71. The van der Waals surface area contributed by atoms with Crippen LogP contribution in [0, 0.1) is 5.92 Å². The van der Waals surface area contributed by atoms with Crippen molar-refractivity contribution in [2.75, 3.05) is 6.61 Å². The molecular formula is C4H10BClO. The summed E-state index contributed by atoms with van der Waals surface area (Å²) in [5.41, 5.74) is 0. The molecule has 0 aromatic heterocycles. The third kappa shape index (κ3) is 6.31. The van der Waals surface area contributed by atoms with E-state index in [1.54, 1.807) is 0 Å². The summed E-state index contributed by atoms with van der Waals surface area (Å²) in [5, 5.41) is 0. The van der Waals surface area contributed by atoms with Crippen molar-refractivity contribution in [3.63, 3.8) is 0 Å². The largest absolute Gasteiger partial charge is 0.424 e. The topological polar surface area (TPSA) is 9.23 Å². The molecule has 0 saturated carbocycles. The number of hydrogen-bond acceptors (Lipinski definition) is 1. The lowest BCUT2D eigenvalue weighted by molar-refractivity contribution is 0.292. The Balaban J connectivity index is 2.68. The second-order valence-corrected chi connectivity index (χ2v) is 2.09. The maximum absolute atomic E-state index is 5.22. The first-order valence-corrected chi connectivity index (χ1v) is 2.94. The molecule has 7 heavy (non-hydrogen) atoms. The van der Waals surface area contributed by atoms with Crippen molar-refractivity contribution in [1.29, 1.82) is 0 Å². The van der Waals surface area contributed by atoms with Crippen molar-refractivity contribution in [2.45, 2.75) is 13.8 Å². The van der Waals surface area contributed by atoms with Gasteiger partial charge in [-0.25, -0.2) is 0 Å². The summed E-state index contributed by atoms with van der Waals surface area (Å²) in [5.74, 6) is 0.596. The SMILES string of the molecule is CC(C)COBCl. The van der Waals surface area contributed by atoms with E-state index in [2.05, 4.69) is 13.8 Å². The monoisotopic (exact) mass is 120 g/mol. The van der Waals surface area contributed by atoms with E-state index in [0.717, 1.165) is 6.61 Å². The number of halogens is 1. The highest BCUT2D eigenvalue weighted by molar-refractivity contribution is 6.89. The van der Waals surface area contributed by atoms with Crippen LogP contribution in [0.25, 0.3) is 0 Å². The van der Waals surface area contributed by atoms with Crippen molar-refractivity contribution < 1.29 is 4.65 Å². The van der Waals surface area contributed by atoms with Gasteiger partial charge in [0.1, 0.15) is 0 Å². The van der Waals surface area contributed by atoms with Crippen LogP contribution in [0.4, 0.5) is 0 Å². The highest BCUT2D eigenvalue weighted by Crippen LogP contribution is 1.90. The van der Waals surface area contributed by atoms with Crippen LogP contribution in [0.3, 0.4) is 0 Å². The van der Waals surface area contributed by atoms with Crippen LogP contribution in [-0.2, 0) is 4.65 Å². The van der Waals surface area contributed by atoms with Crippen LogP contribution in [-0.4, -0.2) is 13.5 Å². The summed E-state index contributed by atoms with van der Waals surface area (Å²) >= 11 is 5.22. The third-order valence-corrected chi connectivity index (χ3v) is 0.683. The number of rotatable bonds is 3. The summed E-state index contributed by atoms with van der Waals surface area (Å²) in [7, 11) is 0. The Kier molecular flexibility index (Phi) is 4.67. The van der Waals surface area contributed by atoms with Gasteiger partial charge in [-0.15, -0.1) is 0 Å². The molecule has 42 valence electrons. The minimum Gasteiger partial charge on any atom is -0.424 e. The van der Waals surface area contributed by atoms with Gasteiger partial charge < -0.3 is 4.65 Å². The summed E-state index contributed by atoms with van der Waals surface area (Å²) in [6, 6.07) is 0. The Morgan fingerprint density at radius 3 is 2.43 bits per heavy atom. The van der Waals surface area contributed by atoms with Gasteiger partial charge in [-0.2, -0.15) is 11.5 Å². The Morgan fingerprint density at radius 2 is 2.29 bits per heavy atom. The molecule has 0 rings (SSSR count). The molecule has 0 bridgehead atoms. The Hall–Kier alpha value is 0.315. The van der Waals surface area contributed by atoms with Gasteiger partial charge in [0.25, 0.3) is 0 Å². The van der Waals surface area contributed by atoms with Gasteiger partial charge in [0.2, 0.25) is 0 Å². The average molecular weight is 120 g/mol. The van der Waals surface area contributed by atoms with E-state index < -0.39 is 0 Å². The van der Waals surface area contributed by atoms with Crippen molar-refractivity contribution in [3.05, 3.63) is 0 Å². The standard InChI is InChI=1S/C4H10BClO/c1-4(2)3-7-5-6/h4-5H,3H2,1-2H3. The molecule has 0 aromatic rings. The van der Waals surface area contributed by atoms with Gasteiger partial charge in [0.15, 0.2) is 0 Å². The van der Waals surface area contributed by atoms with Crippen molar-refractivity contribution in [2.24, 2.45) is 5.92 Å². The predicted octanol–water partition coefficient (Wildman–Crippen LogP) is 1.16. The second-order valence-electron chi connectivity index (χ2n) is 1.87. The highest BCUT2D eigenvalue weighted by Gasteiger charge is 1.90. The predicted molar refractivity (Wildman–Crippen MR) is 33.8 cm³/mol. The Morgan fingerprint density at radius 1 is 1.71 bits per heavy atom. The molecule has 0 atom stereocenters. The fourth-order valence-electron chi connectivity index (χ4n) is 0.280. The van der Waals surface area contributed by atoms with E-state index in [9.17, 15) is 0 Å². The summed E-state index contributed by atoms with van der Waals surface area (Å²) in [6.45, 7) is 5.26. The Labute approximate surface area is 50.2 Å². The molecule has 0 radical (unpaired) electrons. The first-order chi connectivity index (χ1) is 3.27. The lowest BCUT2D eigenvalue weighted by atomic mass is 10.2. The van der Waals surface area contributed by atoms with E-state index in [0.29, 0.717) is 12.8 Å². The maximum Gasteiger partial charge on any atom is 0.380 e. The van der Waals surface area contributed by atoms with E-state index in [1.165, 1.54) is 0 Å². The van der Waals surface area contributed by atoms with E-state index >= 15 is 0 Å². The fourth-order valence-corrected chi connectivity index (χ4v) is 0.369. The highest BCUT2D eigenvalue weighted by atomic mass is 35.5. The second kappa shape index (κ2) is 4.47. The first kappa shape index (κ1) is 7.31. The third-order valence-electron chi connectivity index (χ3n) is 0.528. The molecule has 0 fully saturated rings. The zero-order chi connectivity index (χ0) is 5.70. The van der Waals surface area contributed by atoms with Gasteiger partial charge in [0, 0.05) is 6.61 Å². The van der Waals surface area contributed by atoms with Crippen LogP contribution in [0.5, 0.6) is 0 Å². The molecule has 0 aliphatic carbocycles. The molecule has 0 aliphatic heterocycles. The molecule has 0 N–H and O–H groups in total. The van der Waals surface area contributed by atoms with Crippen LogP contribution >= 0.6 is 11.5 Å². The molecule has 0 aromatic carbocycles. The minimum atomic E-state index is 0.318. The lowest BCUT2D eigenvalue weighted by Crippen LogP contribution is -2.01. The smallest absolute Gasteiger partial charge is 0.380 e. The van der Waals surface area contributed by atoms with Crippen molar-refractivity contribution >= 4 is 18.4 Å². The van der Waals surface area contributed by atoms with Crippen molar-refractivity contribution in [1.82, 2.24) is 0 Å². The zero-order valence-electron chi connectivity index (χ0n) is 4.78. The summed E-state index contributed by atoms with van der Waals surface area (Å²) in [6.07, 6.45) is 0. The molecular weight excluding hydrogens is 110 g/mol. The molecule has 0 amide bonds. The van der Waals surface area contributed by atoms with Gasteiger partial charge in [-0.1, -0.05) is 13.8 Å². The van der Waals surface area contributed by atoms with Crippen LogP contribution in [0.1, 0.15) is 13.8 Å². The molecule has 1 nitrogen and oxygen atoms in total. The van der Waals surface area contributed by atoms with Crippen LogP contribution in [0.15, 0.2) is 0 Å². The Bertz CT molecular complexity index is 40.7. The van der Waals surface area contributed by atoms with E-state index in [-0.39, 0.29) is 0 Å². The quantitative estimate of drug-likeness (QED) is 0.508. The molecule has 0 aliphatic rings. The zero-order valence-corrected chi connectivity index (χ0v) is 5.53. The molecule has 3 heteroatoms. The van der Waals surface area contributed by atoms with Gasteiger partial charge in [0.05, 0.1) is 0 Å². The van der Waals surface area contributed by atoms with Crippen LogP contribution in [0.2, 0.25) is 0 Å². The first-order valence-electron chi connectivity index (χ1n) is 2.41. The van der Waals surface area contributed by atoms with Gasteiger partial charge in [-0.05, 0) is 5.92 Å². The number of hydrogen-bond donors (Lipinski definition) is 0. The molecule has 0 saturated heterocycles. The van der Waals surface area contributed by atoms with Gasteiger partial charge >= 0.3 is 6.90 Å². The van der Waals surface area contributed by atoms with Gasteiger partial charge in [-0.3, -0.25) is 0 Å². The molecule has 0 spiro atoms. The summed E-state index contributed by atoms with van der Waals surface area (Å²) in [4.78, 5) is 0. The summed E-state index contributed by atoms with van der Waals surface area (Å²) < 4.78 is 4.86. The lowest BCUT2D eigenvalue weighted by Gasteiger charge is -2.00. The minimum absolute atomic E-state index is 0.318. The fraction of sp³-hybridized carbons (Fsp3) is 1.00. The average Bonchev–Trinajstić information content (AvgIpc) is 1.61. The molecule has 0 heterocycles. The van der Waals surface area contributed by atoms with E-state index in [1.807, 2.05) is 0 Å².